The van der Waals surface area contributed by atoms with Crippen molar-refractivity contribution < 1.29 is 29.3 Å². The summed E-state index contributed by atoms with van der Waals surface area (Å²) in [5.74, 6) is 0.831. The smallest absolute Gasteiger partial charge is 0.309 e. The largest absolute Gasteiger partial charge is 0.481 e. The van der Waals surface area contributed by atoms with Crippen LogP contribution < -0.4 is 5.32 Å². The monoisotopic (exact) mass is 711 g/mol. The highest BCUT2D eigenvalue weighted by Crippen LogP contribution is 2.73. The van der Waals surface area contributed by atoms with E-state index < -0.39 is 28.9 Å². The summed E-state index contributed by atoms with van der Waals surface area (Å²) in [7, 11) is 0. The molecule has 0 radical (unpaired) electrons. The molecule has 6 rings (SSSR count). The summed E-state index contributed by atoms with van der Waals surface area (Å²) in [5.41, 5.74) is 0.827. The van der Waals surface area contributed by atoms with Gasteiger partial charge in [0.2, 0.25) is 0 Å². The molecule has 0 bridgehead atoms. The van der Waals surface area contributed by atoms with Gasteiger partial charge in [-0.1, -0.05) is 47.1 Å². The summed E-state index contributed by atoms with van der Waals surface area (Å²) >= 11 is 0. The van der Waals surface area contributed by atoms with Crippen LogP contribution in [-0.4, -0.2) is 77.8 Å². The van der Waals surface area contributed by atoms with Gasteiger partial charge in [0, 0.05) is 23.8 Å². The molecular weight excluding hydrogens is 640 g/mol. The summed E-state index contributed by atoms with van der Waals surface area (Å²) in [4.78, 5) is 41.2. The number of aliphatic hydroxyl groups excluding tert-OH is 1. The van der Waals surface area contributed by atoms with Crippen molar-refractivity contribution >= 4 is 17.7 Å². The molecule has 1 saturated heterocycles. The molecule has 0 aromatic heterocycles. The van der Waals surface area contributed by atoms with Gasteiger partial charge in [-0.25, -0.2) is 0 Å². The maximum absolute atomic E-state index is 13.9. The number of fused-ring (bicyclic) bond motifs is 7. The van der Waals surface area contributed by atoms with Gasteiger partial charge >= 0.3 is 11.9 Å². The number of hydrogen-bond acceptors (Lipinski definition) is 7. The predicted molar refractivity (Wildman–Crippen MR) is 200 cm³/mol. The third kappa shape index (κ3) is 6.68. The highest BCUT2D eigenvalue weighted by Gasteiger charge is 2.67. The van der Waals surface area contributed by atoms with E-state index in [4.69, 9.17) is 4.74 Å². The molecule has 0 spiro atoms. The van der Waals surface area contributed by atoms with Crippen LogP contribution in [0, 0.1) is 56.7 Å². The summed E-state index contributed by atoms with van der Waals surface area (Å²) in [5, 5.41) is 25.2. The minimum Gasteiger partial charge on any atom is -0.481 e. The number of Topliss-reactive ketones (excluding diaryl/α,β-unsaturated/α-hetero) is 1. The number of ketones is 1. The Bertz CT molecular complexity index is 1380. The summed E-state index contributed by atoms with van der Waals surface area (Å²) in [6.45, 7) is 22.2. The number of allylic oxidation sites excluding steroid dienone is 1. The number of esters is 1. The van der Waals surface area contributed by atoms with E-state index in [1.807, 2.05) is 0 Å². The number of likely N-dealkylation sites (tertiary alicyclic amines) is 1. The predicted octanol–water partition coefficient (Wildman–Crippen LogP) is 7.43. The highest BCUT2D eigenvalue weighted by molar-refractivity contribution is 6.00. The molecule has 3 N–H and O–H groups in total. The first-order valence-corrected chi connectivity index (χ1v) is 20.7. The Morgan fingerprint density at radius 2 is 1.65 bits per heavy atom. The number of aliphatic carboxylic acids is 1. The van der Waals surface area contributed by atoms with Gasteiger partial charge in [-0.3, -0.25) is 14.4 Å². The summed E-state index contributed by atoms with van der Waals surface area (Å²) in [6, 6.07) is 0. The van der Waals surface area contributed by atoms with Crippen LogP contribution in [0.3, 0.4) is 0 Å². The van der Waals surface area contributed by atoms with E-state index >= 15 is 0 Å². The molecule has 0 aromatic carbocycles. The van der Waals surface area contributed by atoms with E-state index in [0.29, 0.717) is 36.6 Å². The topological polar surface area (TPSA) is 116 Å². The second-order valence-electron chi connectivity index (χ2n) is 20.0. The molecule has 8 heteroatoms. The van der Waals surface area contributed by atoms with Gasteiger partial charge in [0.05, 0.1) is 17.9 Å². The Hall–Kier alpha value is -1.77. The number of hydrogen-bond donors (Lipinski definition) is 3. The second kappa shape index (κ2) is 14.1. The summed E-state index contributed by atoms with van der Waals surface area (Å²) in [6.07, 6.45) is 11.4. The fraction of sp³-hybridized carbons (Fsp3) is 0.884. The highest BCUT2D eigenvalue weighted by atomic mass is 16.5. The lowest BCUT2D eigenvalue weighted by Crippen LogP contribution is -2.63. The first kappa shape index (κ1) is 38.9. The number of ether oxygens (including phenoxy) is 1. The van der Waals surface area contributed by atoms with Crippen molar-refractivity contribution in [1.82, 2.24) is 10.2 Å². The number of carbonyl (C=O) groups is 3. The SMILES string of the molecule is CC(C)C1=C2C3CCC4C(C)(CCC5C(C)(C)C(OC(=O)CC(C)(C)C(=O)O)CCC54C)C3CCC2(C(O)CNCCCN2CCCC2)CC1=O. The van der Waals surface area contributed by atoms with Gasteiger partial charge in [0.1, 0.15) is 6.10 Å². The number of nitrogens with zero attached hydrogens (tertiary/aromatic N) is 1. The third-order valence-electron chi connectivity index (χ3n) is 16.0. The molecule has 288 valence electrons. The molecule has 9 atom stereocenters. The van der Waals surface area contributed by atoms with E-state index in [1.165, 1.54) is 31.5 Å². The fourth-order valence-electron chi connectivity index (χ4n) is 13.5. The molecule has 9 unspecified atom stereocenters. The number of aliphatic hydroxyl groups is 1. The Balaban J connectivity index is 1.19. The van der Waals surface area contributed by atoms with Crippen molar-refractivity contribution in [3.63, 3.8) is 0 Å². The summed E-state index contributed by atoms with van der Waals surface area (Å²) < 4.78 is 6.15. The first-order chi connectivity index (χ1) is 23.9. The fourth-order valence-corrected chi connectivity index (χ4v) is 13.5. The van der Waals surface area contributed by atoms with Crippen molar-refractivity contribution in [2.45, 2.75) is 151 Å². The van der Waals surface area contributed by atoms with E-state index in [9.17, 15) is 24.6 Å². The van der Waals surface area contributed by atoms with Crippen LogP contribution in [0.4, 0.5) is 0 Å². The molecule has 5 fully saturated rings. The Kier molecular flexibility index (Phi) is 10.8. The number of rotatable bonds is 12. The molecular formula is C43H70N2O6. The first-order valence-electron chi connectivity index (χ1n) is 20.7. The quantitative estimate of drug-likeness (QED) is 0.142. The Labute approximate surface area is 308 Å². The van der Waals surface area contributed by atoms with Gasteiger partial charge in [-0.15, -0.1) is 0 Å². The van der Waals surface area contributed by atoms with Crippen molar-refractivity contribution in [3.8, 4) is 0 Å². The number of nitrogens with one attached hydrogen (secondary N) is 1. The average molecular weight is 711 g/mol. The van der Waals surface area contributed by atoms with Crippen molar-refractivity contribution in [1.29, 1.82) is 0 Å². The molecule has 1 heterocycles. The van der Waals surface area contributed by atoms with E-state index in [2.05, 4.69) is 51.8 Å². The van der Waals surface area contributed by atoms with Crippen LogP contribution in [0.5, 0.6) is 0 Å². The molecule has 8 nitrogen and oxygen atoms in total. The van der Waals surface area contributed by atoms with Gasteiger partial charge < -0.3 is 25.2 Å². The molecule has 0 aromatic rings. The molecule has 0 amide bonds. The molecule has 1 aliphatic heterocycles. The normalized spacial score (nSPS) is 38.5. The number of carbonyl (C=O) groups excluding carboxylic acids is 2. The molecule has 5 aliphatic carbocycles. The van der Waals surface area contributed by atoms with Crippen LogP contribution in [-0.2, 0) is 19.1 Å². The van der Waals surface area contributed by atoms with E-state index in [1.54, 1.807) is 13.8 Å². The minimum atomic E-state index is -1.15. The number of carboxylic acid groups (broad SMARTS) is 1. The van der Waals surface area contributed by atoms with Crippen LogP contribution in [0.15, 0.2) is 11.1 Å². The average Bonchev–Trinajstić information content (AvgIpc) is 3.67. The van der Waals surface area contributed by atoms with Crippen molar-refractivity contribution in [3.05, 3.63) is 11.1 Å². The van der Waals surface area contributed by atoms with E-state index in [-0.39, 0.29) is 40.5 Å². The second-order valence-corrected chi connectivity index (χ2v) is 20.0. The molecule has 4 saturated carbocycles. The van der Waals surface area contributed by atoms with Gasteiger partial charge in [0.25, 0.3) is 0 Å². The van der Waals surface area contributed by atoms with Crippen LogP contribution in [0.2, 0.25) is 0 Å². The van der Waals surface area contributed by atoms with Gasteiger partial charge in [-0.2, -0.15) is 0 Å². The standard InChI is InChI=1S/C43H70N2O6/c1-27(2)36-30(46)24-43(33(47)26-44-20-11-23-45-21-9-10-22-45)19-14-29-28(37(36)43)12-13-32-41(29,7)17-15-31-40(5,6)34(16-18-42(31,32)8)51-35(48)25-39(3,4)38(49)50/h27-29,31-34,44,47H,9-26H2,1-8H3,(H,49,50). The zero-order chi connectivity index (χ0) is 37.1. The van der Waals surface area contributed by atoms with Crippen molar-refractivity contribution in [2.75, 3.05) is 32.7 Å². The maximum atomic E-state index is 13.9. The van der Waals surface area contributed by atoms with Gasteiger partial charge in [-0.05, 0) is 157 Å². The van der Waals surface area contributed by atoms with Gasteiger partial charge in [0.15, 0.2) is 5.78 Å². The molecule has 51 heavy (non-hydrogen) atoms. The lowest BCUT2D eigenvalue weighted by Gasteiger charge is -2.69. The van der Waals surface area contributed by atoms with Crippen LogP contribution >= 0.6 is 0 Å². The minimum absolute atomic E-state index is 0.110. The van der Waals surface area contributed by atoms with E-state index in [0.717, 1.165) is 76.5 Å². The molecule has 6 aliphatic rings. The third-order valence-corrected chi connectivity index (χ3v) is 16.0. The van der Waals surface area contributed by atoms with Crippen molar-refractivity contribution in [2.24, 2.45) is 56.7 Å². The zero-order valence-electron chi connectivity index (χ0n) is 33.2. The Morgan fingerprint density at radius 1 is 0.961 bits per heavy atom. The van der Waals surface area contributed by atoms with Crippen LogP contribution in [0.1, 0.15) is 139 Å². The lowest BCUT2D eigenvalue weighted by molar-refractivity contribution is -0.214. The lowest BCUT2D eigenvalue weighted by atomic mass is 9.36. The number of carboxylic acids is 1. The zero-order valence-corrected chi connectivity index (χ0v) is 33.2. The Morgan fingerprint density at radius 3 is 2.31 bits per heavy atom. The maximum Gasteiger partial charge on any atom is 0.309 e. The van der Waals surface area contributed by atoms with Crippen LogP contribution in [0.25, 0.3) is 0 Å².